The van der Waals surface area contributed by atoms with Crippen molar-refractivity contribution >= 4 is 23.5 Å². The van der Waals surface area contributed by atoms with Gasteiger partial charge in [0, 0.05) is 54.2 Å². The first-order valence-corrected chi connectivity index (χ1v) is 17.4. The molecular formula is C39H38F4N6O4. The minimum atomic E-state index is -4.70. The van der Waals surface area contributed by atoms with Gasteiger partial charge in [-0.05, 0) is 67.8 Å². The first-order chi connectivity index (χ1) is 25.3. The lowest BCUT2D eigenvalue weighted by Crippen LogP contribution is -2.66. The van der Waals surface area contributed by atoms with Crippen molar-refractivity contribution in [3.8, 4) is 5.69 Å². The Morgan fingerprint density at radius 1 is 1.04 bits per heavy atom. The number of carbonyl (C=O) groups is 3. The molecule has 1 spiro atoms. The van der Waals surface area contributed by atoms with Crippen molar-refractivity contribution in [2.45, 2.75) is 50.6 Å². The minimum absolute atomic E-state index is 0.0921. The van der Waals surface area contributed by atoms with Crippen LogP contribution < -0.4 is 15.5 Å². The van der Waals surface area contributed by atoms with Crippen molar-refractivity contribution in [1.29, 1.82) is 0 Å². The van der Waals surface area contributed by atoms with Crippen LogP contribution in [0.25, 0.3) is 5.69 Å². The fourth-order valence-electron chi connectivity index (χ4n) is 7.68. The summed E-state index contributed by atoms with van der Waals surface area (Å²) in [6.45, 7) is 7.43. The lowest BCUT2D eigenvalue weighted by Gasteiger charge is -2.59. The summed E-state index contributed by atoms with van der Waals surface area (Å²) in [5.74, 6) is -3.05. The van der Waals surface area contributed by atoms with Crippen molar-refractivity contribution in [3.63, 3.8) is 0 Å². The zero-order valence-electron chi connectivity index (χ0n) is 28.9. The van der Waals surface area contributed by atoms with Gasteiger partial charge in [0.1, 0.15) is 17.7 Å². The Balaban J connectivity index is 1.26. The minimum Gasteiger partial charge on any atom is -0.392 e. The fourth-order valence-corrected chi connectivity index (χ4v) is 7.68. The third kappa shape index (κ3) is 6.72. The maximum atomic E-state index is 14.5. The van der Waals surface area contributed by atoms with Crippen LogP contribution >= 0.6 is 0 Å². The molecule has 10 nitrogen and oxygen atoms in total. The molecule has 1 saturated heterocycles. The second-order valence-electron chi connectivity index (χ2n) is 13.9. The van der Waals surface area contributed by atoms with E-state index in [9.17, 15) is 37.1 Å². The number of aromatic nitrogens is 2. The van der Waals surface area contributed by atoms with E-state index in [0.29, 0.717) is 59.6 Å². The van der Waals surface area contributed by atoms with Gasteiger partial charge in [-0.25, -0.2) is 9.07 Å². The Labute approximate surface area is 303 Å². The highest BCUT2D eigenvalue weighted by Crippen LogP contribution is 2.48. The Hall–Kier alpha value is -5.34. The number of nitrogens with zero attached hydrogens (tertiary/aromatic N) is 4. The monoisotopic (exact) mass is 730 g/mol. The number of carbonyl (C=O) groups excluding carboxylic acids is 3. The van der Waals surface area contributed by atoms with Crippen LogP contribution in [-0.4, -0.2) is 75.8 Å². The van der Waals surface area contributed by atoms with Gasteiger partial charge in [0.2, 0.25) is 5.91 Å². The normalized spacial score (nSPS) is 20.7. The third-order valence-electron chi connectivity index (χ3n) is 10.5. The van der Waals surface area contributed by atoms with E-state index in [1.165, 1.54) is 35.2 Å². The summed E-state index contributed by atoms with van der Waals surface area (Å²) in [4.78, 5) is 45.0. The van der Waals surface area contributed by atoms with Crippen LogP contribution in [0.4, 0.5) is 23.4 Å². The predicted molar refractivity (Wildman–Crippen MR) is 188 cm³/mol. The summed E-state index contributed by atoms with van der Waals surface area (Å²) in [6, 6.07) is 16.9. The van der Waals surface area contributed by atoms with E-state index in [2.05, 4.69) is 22.1 Å². The number of aliphatic hydroxyl groups is 1. The van der Waals surface area contributed by atoms with Crippen LogP contribution in [0.3, 0.4) is 0 Å². The second-order valence-corrected chi connectivity index (χ2v) is 13.9. The highest BCUT2D eigenvalue weighted by molar-refractivity contribution is 6.05. The zero-order valence-corrected chi connectivity index (χ0v) is 28.9. The van der Waals surface area contributed by atoms with Gasteiger partial charge < -0.3 is 15.7 Å². The third-order valence-corrected chi connectivity index (χ3v) is 10.5. The molecule has 4 aromatic rings. The van der Waals surface area contributed by atoms with Gasteiger partial charge in [0.25, 0.3) is 11.8 Å². The quantitative estimate of drug-likeness (QED) is 0.157. The largest absolute Gasteiger partial charge is 0.416 e. The van der Waals surface area contributed by atoms with E-state index in [1.54, 1.807) is 35.9 Å². The summed E-state index contributed by atoms with van der Waals surface area (Å²) in [5.41, 5.74) is 0.750. The Morgan fingerprint density at radius 2 is 1.75 bits per heavy atom. The first-order valence-electron chi connectivity index (χ1n) is 17.4. The molecule has 1 aromatic heterocycles. The molecule has 3 aromatic carbocycles. The molecule has 3 atom stereocenters. The van der Waals surface area contributed by atoms with Crippen molar-refractivity contribution in [2.75, 3.05) is 31.1 Å². The molecule has 2 fully saturated rings. The van der Waals surface area contributed by atoms with Gasteiger partial charge in [-0.3, -0.25) is 24.2 Å². The van der Waals surface area contributed by atoms with E-state index in [0.717, 1.165) is 25.0 Å². The number of rotatable bonds is 10. The number of anilines is 1. The maximum absolute atomic E-state index is 14.5. The summed E-state index contributed by atoms with van der Waals surface area (Å²) >= 11 is 0. The molecule has 1 unspecified atom stereocenters. The lowest BCUT2D eigenvalue weighted by molar-refractivity contribution is -0.155. The van der Waals surface area contributed by atoms with Crippen LogP contribution in [0.1, 0.15) is 58.4 Å². The van der Waals surface area contributed by atoms with Gasteiger partial charge in [0.15, 0.2) is 0 Å². The van der Waals surface area contributed by atoms with Crippen LogP contribution in [0.15, 0.2) is 91.0 Å². The number of halogens is 4. The van der Waals surface area contributed by atoms with Crippen LogP contribution in [-0.2, 0) is 22.3 Å². The number of fused-ring (bicyclic) bond motifs is 1. The highest BCUT2D eigenvalue weighted by Gasteiger charge is 2.54. The van der Waals surface area contributed by atoms with E-state index < -0.39 is 47.2 Å². The molecule has 0 radical (unpaired) electrons. The summed E-state index contributed by atoms with van der Waals surface area (Å²) in [5, 5.41) is 20.6. The number of aliphatic hydroxyl groups excluding tert-OH is 1. The molecular weight excluding hydrogens is 692 g/mol. The summed E-state index contributed by atoms with van der Waals surface area (Å²) in [7, 11) is 0. The molecule has 0 bridgehead atoms. The molecule has 3 aliphatic rings. The maximum Gasteiger partial charge on any atom is 0.416 e. The van der Waals surface area contributed by atoms with Gasteiger partial charge in [-0.2, -0.15) is 18.3 Å². The summed E-state index contributed by atoms with van der Waals surface area (Å²) < 4.78 is 56.5. The van der Waals surface area contributed by atoms with Gasteiger partial charge in [-0.15, -0.1) is 0 Å². The summed E-state index contributed by atoms with van der Waals surface area (Å²) in [6.07, 6.45) is -3.29. The number of likely N-dealkylation sites (tertiary alicyclic amines) is 1. The Bertz CT molecular complexity index is 2060. The number of nitrogens with one attached hydrogen (secondary N) is 2. The lowest BCUT2D eigenvalue weighted by atomic mass is 9.61. The van der Waals surface area contributed by atoms with Crippen LogP contribution in [0.5, 0.6) is 0 Å². The van der Waals surface area contributed by atoms with Crippen LogP contribution in [0, 0.1) is 11.2 Å². The van der Waals surface area contributed by atoms with Crippen molar-refractivity contribution in [3.05, 3.63) is 125 Å². The average molecular weight is 731 g/mol. The molecule has 1 aliphatic carbocycles. The van der Waals surface area contributed by atoms with Gasteiger partial charge >= 0.3 is 6.18 Å². The molecule has 1 saturated carbocycles. The number of hydrogen-bond donors (Lipinski definition) is 3. The Kier molecular flexibility index (Phi) is 9.45. The topological polar surface area (TPSA) is 120 Å². The number of amides is 3. The zero-order chi connectivity index (χ0) is 37.7. The number of para-hydroxylation sites is 1. The van der Waals surface area contributed by atoms with Gasteiger partial charge in [-0.1, -0.05) is 43.0 Å². The van der Waals surface area contributed by atoms with E-state index in [1.807, 2.05) is 6.07 Å². The second kappa shape index (κ2) is 13.9. The van der Waals surface area contributed by atoms with E-state index in [4.69, 9.17) is 5.10 Å². The average Bonchev–Trinajstić information content (AvgIpc) is 3.50. The number of hydrogen-bond acceptors (Lipinski definition) is 6. The van der Waals surface area contributed by atoms with Crippen LogP contribution in [0.2, 0.25) is 0 Å². The number of likely N-dealkylation sites (N-methyl/N-ethyl adjacent to an activating group) is 1. The number of alkyl halides is 3. The molecule has 3 heterocycles. The van der Waals surface area contributed by atoms with E-state index >= 15 is 0 Å². The molecule has 2 aliphatic heterocycles. The molecule has 14 heteroatoms. The highest BCUT2D eigenvalue weighted by atomic mass is 19.4. The molecule has 3 N–H and O–H groups in total. The first kappa shape index (κ1) is 36.0. The van der Waals surface area contributed by atoms with Crippen molar-refractivity contribution in [1.82, 2.24) is 25.3 Å². The van der Waals surface area contributed by atoms with Gasteiger partial charge in [0.05, 0.1) is 29.6 Å². The number of benzene rings is 3. The van der Waals surface area contributed by atoms with Crippen molar-refractivity contribution in [2.24, 2.45) is 5.41 Å². The molecule has 7 rings (SSSR count). The van der Waals surface area contributed by atoms with E-state index in [-0.39, 0.29) is 30.2 Å². The molecule has 3 amide bonds. The molecule has 276 valence electrons. The van der Waals surface area contributed by atoms with Crippen molar-refractivity contribution < 1.29 is 37.1 Å². The fraction of sp³-hybridized carbons (Fsp3) is 0.333. The predicted octanol–water partition coefficient (Wildman–Crippen LogP) is 4.96. The smallest absolute Gasteiger partial charge is 0.392 e. The Morgan fingerprint density at radius 3 is 2.38 bits per heavy atom. The molecule has 53 heavy (non-hydrogen) atoms. The standard InChI is InChI=1S/C39H38F4N6O4/c1-3-48-36-32(31(24-12-14-27(40)15-13-24)33(37(48)53)45-35(52)25-8-7-9-26(18-25)39(41,42)43)29(46-49(36)28-10-5-4-6-11-28)19-44-34(51)23(2)20-47-21-38(22-47)17-16-30(38)50/h4-15,18,30-31,33,50H,2-3,16-17,19-22H2,1H3,(H,44,51)(H,45,52)/t30?,31-,33-/m0/s1. The SMILES string of the molecule is C=C(CN1CC2(CCC2O)C1)C(=O)NCc1nn(-c2ccccc2)c2c1[C@H](c1ccc(F)cc1)[C@H](NC(=O)c1cccc(C(F)(F)F)c1)C(=O)N2CC.